The highest BCUT2D eigenvalue weighted by molar-refractivity contribution is 7.91. The molecule has 0 bridgehead atoms. The Morgan fingerprint density at radius 2 is 1.89 bits per heavy atom. The van der Waals surface area contributed by atoms with E-state index in [9.17, 15) is 13.2 Å². The highest BCUT2D eigenvalue weighted by Crippen LogP contribution is 2.10. The summed E-state index contributed by atoms with van der Waals surface area (Å²) < 4.78 is 31.6. The molecule has 106 valence electrons. The van der Waals surface area contributed by atoms with E-state index < -0.39 is 16.3 Å². The zero-order valence-corrected chi connectivity index (χ0v) is 11.6. The molecular weight excluding hydrogens is 270 g/mol. The van der Waals surface area contributed by atoms with E-state index in [1.54, 1.807) is 35.9 Å². The van der Waals surface area contributed by atoms with Crippen molar-refractivity contribution in [2.45, 2.75) is 13.5 Å². The minimum Gasteiger partial charge on any atom is -0.449 e. The molecular formula is C11H17N3O4S. The van der Waals surface area contributed by atoms with Gasteiger partial charge >= 0.3 is 16.3 Å². The van der Waals surface area contributed by atoms with E-state index in [0.717, 1.165) is 5.56 Å². The first-order valence-electron chi connectivity index (χ1n) is 5.67. The van der Waals surface area contributed by atoms with Crippen molar-refractivity contribution in [3.8, 4) is 0 Å². The summed E-state index contributed by atoms with van der Waals surface area (Å²) in [6.07, 6.45) is -1.01. The Balaban J connectivity index is 2.64. The lowest BCUT2D eigenvalue weighted by Gasteiger charge is -2.09. The van der Waals surface area contributed by atoms with Gasteiger partial charge in [-0.25, -0.2) is 9.52 Å². The quantitative estimate of drug-likeness (QED) is 0.719. The van der Waals surface area contributed by atoms with Crippen LogP contribution in [0.1, 0.15) is 12.5 Å². The van der Waals surface area contributed by atoms with Gasteiger partial charge in [-0.15, -0.1) is 0 Å². The summed E-state index contributed by atoms with van der Waals surface area (Å²) in [6.45, 7) is 2.37. The Labute approximate surface area is 112 Å². The van der Waals surface area contributed by atoms with Crippen LogP contribution in [0.4, 0.5) is 10.5 Å². The number of nitrogens with one attached hydrogen (secondary N) is 3. The molecule has 0 unspecified atom stereocenters. The van der Waals surface area contributed by atoms with Crippen molar-refractivity contribution < 1.29 is 17.9 Å². The monoisotopic (exact) mass is 287 g/mol. The SMILES string of the molecule is CCOC(=O)NS(=O)(=O)Nc1ccc(CNC)cc1. The number of rotatable bonds is 6. The van der Waals surface area contributed by atoms with Gasteiger partial charge < -0.3 is 10.1 Å². The second kappa shape index (κ2) is 6.95. The Bertz CT molecular complexity index is 513. The molecule has 19 heavy (non-hydrogen) atoms. The van der Waals surface area contributed by atoms with Crippen LogP contribution < -0.4 is 14.8 Å². The molecule has 0 atom stereocenters. The average molecular weight is 287 g/mol. The van der Waals surface area contributed by atoms with Gasteiger partial charge in [0, 0.05) is 6.54 Å². The van der Waals surface area contributed by atoms with Crippen molar-refractivity contribution in [1.82, 2.24) is 10.0 Å². The van der Waals surface area contributed by atoms with E-state index in [1.807, 2.05) is 7.05 Å². The number of hydrogen-bond acceptors (Lipinski definition) is 5. The number of anilines is 1. The van der Waals surface area contributed by atoms with E-state index >= 15 is 0 Å². The third kappa shape index (κ3) is 5.58. The molecule has 0 fully saturated rings. The van der Waals surface area contributed by atoms with Crippen molar-refractivity contribution in [2.24, 2.45) is 0 Å². The number of amides is 1. The molecule has 0 aliphatic carbocycles. The van der Waals surface area contributed by atoms with E-state index in [-0.39, 0.29) is 6.61 Å². The van der Waals surface area contributed by atoms with Gasteiger partial charge in [0.15, 0.2) is 0 Å². The molecule has 0 saturated heterocycles. The predicted molar refractivity (Wildman–Crippen MR) is 71.9 cm³/mol. The van der Waals surface area contributed by atoms with Gasteiger partial charge in [0.2, 0.25) is 0 Å². The zero-order valence-electron chi connectivity index (χ0n) is 10.8. The maximum atomic E-state index is 11.6. The summed E-state index contributed by atoms with van der Waals surface area (Å²) in [7, 11) is -2.15. The lowest BCUT2D eigenvalue weighted by Crippen LogP contribution is -2.35. The van der Waals surface area contributed by atoms with Crippen LogP contribution in [0.15, 0.2) is 24.3 Å². The normalized spacial score (nSPS) is 10.8. The molecule has 0 heterocycles. The first-order valence-corrected chi connectivity index (χ1v) is 7.16. The number of benzene rings is 1. The molecule has 1 amide bonds. The zero-order chi connectivity index (χ0) is 14.3. The van der Waals surface area contributed by atoms with Crippen LogP contribution >= 0.6 is 0 Å². The molecule has 0 radical (unpaired) electrons. The molecule has 0 aliphatic rings. The van der Waals surface area contributed by atoms with Gasteiger partial charge in [-0.05, 0) is 31.7 Å². The highest BCUT2D eigenvalue weighted by Gasteiger charge is 2.14. The van der Waals surface area contributed by atoms with Gasteiger partial charge in [0.1, 0.15) is 0 Å². The summed E-state index contributed by atoms with van der Waals surface area (Å²) in [5.74, 6) is 0. The average Bonchev–Trinajstić information content (AvgIpc) is 2.31. The fourth-order valence-corrected chi connectivity index (χ4v) is 2.12. The van der Waals surface area contributed by atoms with E-state index in [1.165, 1.54) is 0 Å². The molecule has 3 N–H and O–H groups in total. The van der Waals surface area contributed by atoms with Crippen LogP contribution in [0.2, 0.25) is 0 Å². The summed E-state index contributed by atoms with van der Waals surface area (Å²) in [6, 6.07) is 6.77. The minimum atomic E-state index is -3.97. The first kappa shape index (κ1) is 15.3. The number of hydrogen-bond donors (Lipinski definition) is 3. The highest BCUT2D eigenvalue weighted by atomic mass is 32.2. The second-order valence-corrected chi connectivity index (χ2v) is 5.07. The Kier molecular flexibility index (Phi) is 5.58. The molecule has 1 aromatic carbocycles. The summed E-state index contributed by atoms with van der Waals surface area (Å²) in [4.78, 5) is 11.0. The van der Waals surface area contributed by atoms with E-state index in [4.69, 9.17) is 0 Å². The summed E-state index contributed by atoms with van der Waals surface area (Å²) in [5, 5.41) is 2.98. The van der Waals surface area contributed by atoms with E-state index in [2.05, 4.69) is 14.8 Å². The summed E-state index contributed by atoms with van der Waals surface area (Å²) in [5.41, 5.74) is 1.38. The third-order valence-electron chi connectivity index (χ3n) is 2.08. The lowest BCUT2D eigenvalue weighted by molar-refractivity contribution is 0.159. The third-order valence-corrected chi connectivity index (χ3v) is 3.02. The largest absolute Gasteiger partial charge is 0.449 e. The standard InChI is InChI=1S/C11H17N3O4S/c1-3-18-11(15)14-19(16,17)13-10-6-4-9(5-7-10)8-12-2/h4-7,12-13H,3,8H2,1-2H3,(H,14,15). The smallest absolute Gasteiger partial charge is 0.422 e. The molecule has 1 rings (SSSR count). The molecule has 0 saturated carbocycles. The van der Waals surface area contributed by atoms with Crippen LogP contribution in [0.5, 0.6) is 0 Å². The molecule has 8 heteroatoms. The van der Waals surface area contributed by atoms with Crippen LogP contribution in [0.3, 0.4) is 0 Å². The predicted octanol–water partition coefficient (Wildman–Crippen LogP) is 0.809. The van der Waals surface area contributed by atoms with Gasteiger partial charge in [-0.1, -0.05) is 12.1 Å². The first-order chi connectivity index (χ1) is 8.96. The summed E-state index contributed by atoms with van der Waals surface area (Å²) >= 11 is 0. The molecule has 0 spiro atoms. The van der Waals surface area contributed by atoms with Crippen molar-refractivity contribution in [3.63, 3.8) is 0 Å². The van der Waals surface area contributed by atoms with Crippen LogP contribution in [-0.4, -0.2) is 28.2 Å². The van der Waals surface area contributed by atoms with Crippen molar-refractivity contribution in [3.05, 3.63) is 29.8 Å². The second-order valence-electron chi connectivity index (χ2n) is 3.66. The van der Waals surface area contributed by atoms with Crippen molar-refractivity contribution in [1.29, 1.82) is 0 Å². The van der Waals surface area contributed by atoms with Gasteiger partial charge in [-0.2, -0.15) is 8.42 Å². The Morgan fingerprint density at radius 3 is 2.42 bits per heavy atom. The minimum absolute atomic E-state index is 0.0973. The number of carbonyl (C=O) groups is 1. The Hall–Kier alpha value is -1.80. The van der Waals surface area contributed by atoms with Gasteiger partial charge in [-0.3, -0.25) is 4.72 Å². The van der Waals surface area contributed by atoms with Crippen LogP contribution in [0.25, 0.3) is 0 Å². The lowest BCUT2D eigenvalue weighted by atomic mass is 10.2. The van der Waals surface area contributed by atoms with Crippen LogP contribution in [0, 0.1) is 0 Å². The van der Waals surface area contributed by atoms with Crippen molar-refractivity contribution in [2.75, 3.05) is 18.4 Å². The Morgan fingerprint density at radius 1 is 1.26 bits per heavy atom. The maximum Gasteiger partial charge on any atom is 0.422 e. The molecule has 0 aliphatic heterocycles. The topological polar surface area (TPSA) is 96.5 Å². The molecule has 7 nitrogen and oxygen atoms in total. The molecule has 1 aromatic rings. The van der Waals surface area contributed by atoms with Gasteiger partial charge in [0.25, 0.3) is 0 Å². The molecule has 0 aromatic heterocycles. The number of carbonyl (C=O) groups excluding carboxylic acids is 1. The van der Waals surface area contributed by atoms with Crippen LogP contribution in [-0.2, 0) is 21.5 Å². The number of ether oxygens (including phenoxy) is 1. The fraction of sp³-hybridized carbons (Fsp3) is 0.364. The fourth-order valence-electron chi connectivity index (χ4n) is 1.35. The van der Waals surface area contributed by atoms with E-state index in [0.29, 0.717) is 12.2 Å². The van der Waals surface area contributed by atoms with Gasteiger partial charge in [0.05, 0.1) is 12.3 Å². The van der Waals surface area contributed by atoms with Crippen molar-refractivity contribution >= 4 is 22.0 Å². The maximum absolute atomic E-state index is 11.6.